The molecule has 0 aliphatic rings. The van der Waals surface area contributed by atoms with Crippen molar-refractivity contribution in [3.8, 4) is 0 Å². The van der Waals surface area contributed by atoms with Gasteiger partial charge in [-0.25, -0.2) is 0 Å². The quantitative estimate of drug-likeness (QED) is 0.792. The maximum Gasteiger partial charge on any atom is 0.221 e. The number of carbonyl (C=O) groups is 1. The van der Waals surface area contributed by atoms with E-state index in [1.165, 1.54) is 13.3 Å². The molecule has 1 aromatic rings. The number of hydrogen-bond donors (Lipinski definition) is 1. The number of aromatic nitrogens is 1. The van der Waals surface area contributed by atoms with Gasteiger partial charge in [0, 0.05) is 14.0 Å². The highest BCUT2D eigenvalue weighted by Gasteiger charge is 2.05. The lowest BCUT2D eigenvalue weighted by Crippen LogP contribution is -2.09. The van der Waals surface area contributed by atoms with E-state index in [0.29, 0.717) is 0 Å². The van der Waals surface area contributed by atoms with Crippen LogP contribution in [0.2, 0.25) is 0 Å². The van der Waals surface area contributed by atoms with Crippen LogP contribution in [-0.4, -0.2) is 10.9 Å². The van der Waals surface area contributed by atoms with Gasteiger partial charge >= 0.3 is 0 Å². The SMILES string of the molecule is CC.CC(=O)Nc1c(C)cc(C)nc1C.CCC.[HH]. The molecule has 1 rings (SSSR count). The molecule has 0 unspecified atom stereocenters. The summed E-state index contributed by atoms with van der Waals surface area (Å²) in [5, 5.41) is 2.77. The fourth-order valence-corrected chi connectivity index (χ4v) is 1.39. The van der Waals surface area contributed by atoms with Crippen molar-refractivity contribution in [3.05, 3.63) is 23.0 Å². The molecule has 0 radical (unpaired) electrons. The Labute approximate surface area is 114 Å². The fraction of sp³-hybridized carbons (Fsp3) is 0.600. The average Bonchev–Trinajstić information content (AvgIpc) is 2.27. The van der Waals surface area contributed by atoms with Gasteiger partial charge in [0.15, 0.2) is 0 Å². The second-order valence-electron chi connectivity index (χ2n) is 3.93. The number of carbonyl (C=O) groups excluding carboxylic acids is 1. The Morgan fingerprint density at radius 2 is 1.72 bits per heavy atom. The molecule has 0 aliphatic carbocycles. The van der Waals surface area contributed by atoms with E-state index in [2.05, 4.69) is 24.1 Å². The largest absolute Gasteiger partial charge is 0.325 e. The van der Waals surface area contributed by atoms with E-state index in [0.717, 1.165) is 22.6 Å². The van der Waals surface area contributed by atoms with Crippen molar-refractivity contribution in [3.63, 3.8) is 0 Å². The first-order chi connectivity index (χ1) is 8.42. The molecule has 1 amide bonds. The second-order valence-corrected chi connectivity index (χ2v) is 3.93. The third-order valence-corrected chi connectivity index (χ3v) is 1.83. The molecule has 0 saturated heterocycles. The van der Waals surface area contributed by atoms with Gasteiger partial charge in [-0.05, 0) is 32.4 Å². The van der Waals surface area contributed by atoms with Crippen LogP contribution in [0.1, 0.15) is 59.4 Å². The average molecular weight is 254 g/mol. The van der Waals surface area contributed by atoms with Crippen molar-refractivity contribution < 1.29 is 6.22 Å². The minimum Gasteiger partial charge on any atom is -0.325 e. The Kier molecular flexibility index (Phi) is 11.3. The molecule has 3 heteroatoms. The molecular formula is C15H30N2O. The molecule has 18 heavy (non-hydrogen) atoms. The number of pyridine rings is 1. The first-order valence-corrected chi connectivity index (χ1v) is 6.64. The highest BCUT2D eigenvalue weighted by molar-refractivity contribution is 5.90. The molecule has 0 spiro atoms. The lowest BCUT2D eigenvalue weighted by Gasteiger charge is -2.09. The maximum absolute atomic E-state index is 10.9. The summed E-state index contributed by atoms with van der Waals surface area (Å²) in [4.78, 5) is 15.1. The summed E-state index contributed by atoms with van der Waals surface area (Å²) in [6.07, 6.45) is 1.25. The maximum atomic E-state index is 10.9. The number of hydrogen-bond acceptors (Lipinski definition) is 2. The minimum atomic E-state index is -0.0585. The third kappa shape index (κ3) is 7.82. The summed E-state index contributed by atoms with van der Waals surface area (Å²) < 4.78 is 0. The standard InChI is InChI=1S/C10H14N2O.C3H8.C2H6.H2/c1-6-5-7(2)11-8(3)10(6)12-9(4)13;1-3-2;1-2;/h5H,1-4H3,(H,12,13);3H2,1-2H3;1-2H3;1H. The van der Waals surface area contributed by atoms with Crippen molar-refractivity contribution in [2.24, 2.45) is 0 Å². The van der Waals surface area contributed by atoms with Gasteiger partial charge in [0.05, 0.1) is 11.4 Å². The van der Waals surface area contributed by atoms with Gasteiger partial charge in [0.2, 0.25) is 5.91 Å². The van der Waals surface area contributed by atoms with Crippen LogP contribution in [-0.2, 0) is 4.79 Å². The van der Waals surface area contributed by atoms with Crippen molar-refractivity contribution >= 4 is 11.6 Å². The zero-order valence-corrected chi connectivity index (χ0v) is 13.1. The van der Waals surface area contributed by atoms with E-state index in [1.54, 1.807) is 0 Å². The van der Waals surface area contributed by atoms with Crippen LogP contribution in [0.15, 0.2) is 6.07 Å². The molecule has 0 saturated carbocycles. The molecule has 3 nitrogen and oxygen atoms in total. The third-order valence-electron chi connectivity index (χ3n) is 1.83. The first-order valence-electron chi connectivity index (χ1n) is 6.64. The first kappa shape index (κ1) is 19.0. The Morgan fingerprint density at radius 1 is 1.28 bits per heavy atom. The fourth-order valence-electron chi connectivity index (χ4n) is 1.39. The summed E-state index contributed by atoms with van der Waals surface area (Å²) in [6, 6.07) is 1.96. The number of amides is 1. The normalized spacial score (nSPS) is 8.44. The number of aryl methyl sites for hydroxylation is 3. The van der Waals surface area contributed by atoms with E-state index >= 15 is 0 Å². The summed E-state index contributed by atoms with van der Waals surface area (Å²) in [5.41, 5.74) is 3.73. The van der Waals surface area contributed by atoms with Gasteiger partial charge in [-0.1, -0.05) is 34.1 Å². The molecule has 0 atom stereocenters. The number of anilines is 1. The molecule has 0 aliphatic heterocycles. The van der Waals surface area contributed by atoms with Gasteiger partial charge in [-0.3, -0.25) is 9.78 Å². The van der Waals surface area contributed by atoms with Gasteiger partial charge in [0.1, 0.15) is 0 Å². The smallest absolute Gasteiger partial charge is 0.221 e. The van der Waals surface area contributed by atoms with Crippen LogP contribution in [0.25, 0.3) is 0 Å². The lowest BCUT2D eigenvalue weighted by molar-refractivity contribution is -0.114. The minimum absolute atomic E-state index is 0. The zero-order chi connectivity index (χ0) is 14.7. The van der Waals surface area contributed by atoms with E-state index in [-0.39, 0.29) is 7.33 Å². The van der Waals surface area contributed by atoms with E-state index in [4.69, 9.17) is 0 Å². The zero-order valence-electron chi connectivity index (χ0n) is 13.1. The van der Waals surface area contributed by atoms with Crippen molar-refractivity contribution in [2.45, 2.75) is 61.8 Å². The highest BCUT2D eigenvalue weighted by atomic mass is 16.1. The molecular weight excluding hydrogens is 224 g/mol. The summed E-state index contributed by atoms with van der Waals surface area (Å²) in [5.74, 6) is -0.0585. The monoisotopic (exact) mass is 254 g/mol. The predicted molar refractivity (Wildman–Crippen MR) is 82.2 cm³/mol. The lowest BCUT2D eigenvalue weighted by atomic mass is 10.1. The topological polar surface area (TPSA) is 42.0 Å². The van der Waals surface area contributed by atoms with Gasteiger partial charge in [-0.2, -0.15) is 0 Å². The molecule has 0 aromatic carbocycles. The molecule has 0 fully saturated rings. The van der Waals surface area contributed by atoms with Crippen LogP contribution >= 0.6 is 0 Å². The Hall–Kier alpha value is -1.38. The van der Waals surface area contributed by atoms with E-state index in [9.17, 15) is 4.79 Å². The number of rotatable bonds is 1. The van der Waals surface area contributed by atoms with E-state index < -0.39 is 0 Å². The van der Waals surface area contributed by atoms with E-state index in [1.807, 2.05) is 40.7 Å². The Balaban J connectivity index is -0.000000376. The van der Waals surface area contributed by atoms with Crippen molar-refractivity contribution in [2.75, 3.05) is 5.32 Å². The van der Waals surface area contributed by atoms with Crippen LogP contribution in [0.3, 0.4) is 0 Å². The Morgan fingerprint density at radius 3 is 2.06 bits per heavy atom. The number of nitrogens with zero attached hydrogens (tertiary/aromatic N) is 1. The van der Waals surface area contributed by atoms with Crippen molar-refractivity contribution in [1.82, 2.24) is 4.98 Å². The molecule has 1 N–H and O–H groups in total. The highest BCUT2D eigenvalue weighted by Crippen LogP contribution is 2.18. The van der Waals surface area contributed by atoms with Crippen LogP contribution in [0.5, 0.6) is 0 Å². The molecule has 106 valence electrons. The van der Waals surface area contributed by atoms with Crippen LogP contribution < -0.4 is 5.32 Å². The Bertz CT molecular complexity index is 342. The second kappa shape index (κ2) is 10.8. The molecule has 1 heterocycles. The van der Waals surface area contributed by atoms with Gasteiger partial charge in [-0.15, -0.1) is 0 Å². The van der Waals surface area contributed by atoms with Crippen molar-refractivity contribution in [1.29, 1.82) is 0 Å². The molecule has 1 aromatic heterocycles. The number of nitrogens with one attached hydrogen (secondary N) is 1. The van der Waals surface area contributed by atoms with Gasteiger partial charge in [0.25, 0.3) is 0 Å². The summed E-state index contributed by atoms with van der Waals surface area (Å²) >= 11 is 0. The van der Waals surface area contributed by atoms with Crippen LogP contribution in [0.4, 0.5) is 5.69 Å². The van der Waals surface area contributed by atoms with Crippen LogP contribution in [0, 0.1) is 20.8 Å². The predicted octanol–water partition coefficient (Wildman–Crippen LogP) is 4.65. The van der Waals surface area contributed by atoms with Gasteiger partial charge < -0.3 is 5.32 Å². The summed E-state index contributed by atoms with van der Waals surface area (Å²) in [6.45, 7) is 15.6. The molecule has 0 bridgehead atoms. The summed E-state index contributed by atoms with van der Waals surface area (Å²) in [7, 11) is 0.